The second-order valence-corrected chi connectivity index (χ2v) is 15.4. The first-order chi connectivity index (χ1) is 20.6. The molecular formula is C30H39N3O7S3. The molecule has 0 spiro atoms. The van der Waals surface area contributed by atoms with E-state index in [1.54, 1.807) is 18.2 Å². The monoisotopic (exact) mass is 649 g/mol. The maximum absolute atomic E-state index is 14.0. The Morgan fingerprint density at radius 3 is 2.63 bits per heavy atom. The number of benzene rings is 2. The van der Waals surface area contributed by atoms with Crippen molar-refractivity contribution in [3.63, 3.8) is 0 Å². The summed E-state index contributed by atoms with van der Waals surface area (Å²) in [4.78, 5) is 17.8. The van der Waals surface area contributed by atoms with Gasteiger partial charge in [-0.3, -0.25) is 0 Å². The molecule has 0 saturated carbocycles. The number of thioether (sulfide) groups is 1. The fraction of sp³-hybridized carbons (Fsp3) is 0.533. The third kappa shape index (κ3) is 7.88. The molecule has 0 aliphatic carbocycles. The topological polar surface area (TPSA) is 127 Å². The van der Waals surface area contributed by atoms with Crippen LogP contribution in [0.5, 0.6) is 0 Å². The van der Waals surface area contributed by atoms with Gasteiger partial charge in [-0.15, -0.1) is 11.3 Å². The van der Waals surface area contributed by atoms with E-state index in [0.29, 0.717) is 26.1 Å². The Morgan fingerprint density at radius 1 is 1.16 bits per heavy atom. The molecule has 10 nitrogen and oxygen atoms in total. The molecule has 2 aromatic carbocycles. The zero-order valence-corrected chi connectivity index (χ0v) is 27.0. The number of rotatable bonds is 12. The van der Waals surface area contributed by atoms with Gasteiger partial charge in [0.15, 0.2) is 10.6 Å². The minimum Gasteiger partial charge on any atom is -0.446 e. The van der Waals surface area contributed by atoms with E-state index in [9.17, 15) is 18.3 Å². The molecule has 13 heteroatoms. The van der Waals surface area contributed by atoms with Crippen molar-refractivity contribution in [3.05, 3.63) is 54.1 Å². The number of ether oxygens (including phenoxy) is 3. The van der Waals surface area contributed by atoms with Gasteiger partial charge in [0.2, 0.25) is 10.0 Å². The van der Waals surface area contributed by atoms with Gasteiger partial charge >= 0.3 is 6.09 Å². The van der Waals surface area contributed by atoms with Crippen LogP contribution < -0.4 is 5.32 Å². The lowest BCUT2D eigenvalue weighted by atomic mass is 9.95. The van der Waals surface area contributed by atoms with E-state index in [1.165, 1.54) is 27.4 Å². The summed E-state index contributed by atoms with van der Waals surface area (Å²) < 4.78 is 47.9. The SMILES string of the molecule is CSc1nc2ccc(S(=O)(=O)N(CC(C)C)C[C@@H](O)[C@H](Cc3ccccc3)NC(=O)O[C@H]3CCO[C@H]4OCCC43)cc2s1. The van der Waals surface area contributed by atoms with Crippen LogP contribution in [0.15, 0.2) is 57.8 Å². The lowest BCUT2D eigenvalue weighted by Crippen LogP contribution is -2.52. The number of aliphatic hydroxyl groups excluding tert-OH is 1. The lowest BCUT2D eigenvalue weighted by Gasteiger charge is -2.33. The number of aliphatic hydroxyl groups is 1. The Balaban J connectivity index is 1.35. The number of sulfonamides is 1. The van der Waals surface area contributed by atoms with E-state index in [0.717, 1.165) is 26.5 Å². The highest BCUT2D eigenvalue weighted by molar-refractivity contribution is 8.00. The second-order valence-electron chi connectivity index (χ2n) is 11.3. The van der Waals surface area contributed by atoms with Gasteiger partial charge in [0.05, 0.1) is 40.5 Å². The molecule has 0 radical (unpaired) electrons. The van der Waals surface area contributed by atoms with Crippen LogP contribution in [-0.2, 0) is 30.7 Å². The molecule has 3 heterocycles. The summed E-state index contributed by atoms with van der Waals surface area (Å²) in [6, 6.07) is 13.6. The molecule has 2 saturated heterocycles. The zero-order chi connectivity index (χ0) is 30.6. The summed E-state index contributed by atoms with van der Waals surface area (Å²) in [5, 5.41) is 14.4. The zero-order valence-electron chi connectivity index (χ0n) is 24.5. The number of amides is 1. The Labute approximate surface area is 261 Å². The fourth-order valence-electron chi connectivity index (χ4n) is 5.54. The summed E-state index contributed by atoms with van der Waals surface area (Å²) in [7, 11) is -3.97. The number of alkyl carbamates (subject to hydrolysis) is 1. The van der Waals surface area contributed by atoms with Crippen LogP contribution >= 0.6 is 23.1 Å². The average Bonchev–Trinajstić information content (AvgIpc) is 3.64. The highest BCUT2D eigenvalue weighted by Crippen LogP contribution is 2.33. The molecule has 43 heavy (non-hydrogen) atoms. The number of hydrogen-bond donors (Lipinski definition) is 2. The largest absolute Gasteiger partial charge is 0.446 e. The quantitative estimate of drug-likeness (QED) is 0.273. The molecule has 1 unspecified atom stereocenters. The predicted molar refractivity (Wildman–Crippen MR) is 167 cm³/mol. The van der Waals surface area contributed by atoms with Gasteiger partial charge in [0, 0.05) is 25.4 Å². The molecule has 2 fully saturated rings. The van der Waals surface area contributed by atoms with Crippen LogP contribution in [0.2, 0.25) is 0 Å². The Hall–Kier alpha value is -2.26. The van der Waals surface area contributed by atoms with Crippen molar-refractivity contribution in [1.82, 2.24) is 14.6 Å². The van der Waals surface area contributed by atoms with Crippen LogP contribution in [0.3, 0.4) is 0 Å². The normalized spacial score (nSPS) is 22.0. The van der Waals surface area contributed by atoms with Gasteiger partial charge in [-0.1, -0.05) is 55.9 Å². The van der Waals surface area contributed by atoms with E-state index in [1.807, 2.05) is 50.4 Å². The van der Waals surface area contributed by atoms with Crippen molar-refractivity contribution in [2.45, 2.75) is 66.9 Å². The predicted octanol–water partition coefficient (Wildman–Crippen LogP) is 4.51. The summed E-state index contributed by atoms with van der Waals surface area (Å²) in [6.45, 7) is 4.84. The van der Waals surface area contributed by atoms with Gasteiger partial charge in [0.25, 0.3) is 0 Å². The van der Waals surface area contributed by atoms with Gasteiger partial charge < -0.3 is 24.6 Å². The Bertz CT molecular complexity index is 1480. The minimum absolute atomic E-state index is 0.00204. The lowest BCUT2D eigenvalue weighted by molar-refractivity contribution is -0.179. The van der Waals surface area contributed by atoms with Crippen molar-refractivity contribution in [2.24, 2.45) is 11.8 Å². The molecule has 0 bridgehead atoms. The fourth-order valence-corrected chi connectivity index (χ4v) is 8.79. The molecule has 1 amide bonds. The smallest absolute Gasteiger partial charge is 0.407 e. The van der Waals surface area contributed by atoms with Gasteiger partial charge in [-0.05, 0) is 48.8 Å². The van der Waals surface area contributed by atoms with E-state index < -0.39 is 28.3 Å². The van der Waals surface area contributed by atoms with Crippen LogP contribution in [0.1, 0.15) is 32.3 Å². The summed E-state index contributed by atoms with van der Waals surface area (Å²) in [5.41, 5.74) is 1.63. The van der Waals surface area contributed by atoms with Crippen LogP contribution in [0.25, 0.3) is 10.2 Å². The number of thiazole rings is 1. The number of aromatic nitrogens is 1. The van der Waals surface area contributed by atoms with E-state index in [2.05, 4.69) is 10.3 Å². The molecule has 2 N–H and O–H groups in total. The van der Waals surface area contributed by atoms with Crippen molar-refractivity contribution in [3.8, 4) is 0 Å². The molecule has 5 atom stereocenters. The number of carbonyl (C=O) groups excluding carboxylic acids is 1. The van der Waals surface area contributed by atoms with E-state index in [-0.39, 0.29) is 42.2 Å². The summed E-state index contributed by atoms with van der Waals surface area (Å²) >= 11 is 2.95. The molecule has 5 rings (SSSR count). The van der Waals surface area contributed by atoms with Crippen molar-refractivity contribution >= 4 is 49.4 Å². The Morgan fingerprint density at radius 2 is 1.91 bits per heavy atom. The highest BCUT2D eigenvalue weighted by atomic mass is 32.2. The first kappa shape index (κ1) is 32.1. The molecule has 2 aliphatic heterocycles. The molecule has 3 aromatic rings. The maximum Gasteiger partial charge on any atom is 0.407 e. The number of nitrogens with one attached hydrogen (secondary N) is 1. The van der Waals surface area contributed by atoms with Crippen molar-refractivity contribution in [1.29, 1.82) is 0 Å². The molecule has 1 aromatic heterocycles. The molecular weight excluding hydrogens is 611 g/mol. The van der Waals surface area contributed by atoms with E-state index in [4.69, 9.17) is 14.2 Å². The number of carbonyl (C=O) groups is 1. The highest BCUT2D eigenvalue weighted by Gasteiger charge is 2.41. The first-order valence-corrected chi connectivity index (χ1v) is 18.0. The first-order valence-electron chi connectivity index (χ1n) is 14.5. The minimum atomic E-state index is -3.97. The van der Waals surface area contributed by atoms with Crippen molar-refractivity contribution in [2.75, 3.05) is 32.6 Å². The van der Waals surface area contributed by atoms with Gasteiger partial charge in [-0.25, -0.2) is 18.2 Å². The average molecular weight is 650 g/mol. The number of hydrogen-bond acceptors (Lipinski definition) is 10. The van der Waals surface area contributed by atoms with E-state index >= 15 is 0 Å². The second kappa shape index (κ2) is 14.2. The Kier molecular flexibility index (Phi) is 10.6. The van der Waals surface area contributed by atoms with Gasteiger partial charge in [-0.2, -0.15) is 4.31 Å². The number of nitrogens with zero attached hydrogens (tertiary/aromatic N) is 2. The van der Waals surface area contributed by atoms with Crippen molar-refractivity contribution < 1.29 is 32.5 Å². The summed E-state index contributed by atoms with van der Waals surface area (Å²) in [6.07, 6.45) is 0.926. The maximum atomic E-state index is 14.0. The molecule has 234 valence electrons. The third-order valence-corrected chi connectivity index (χ3v) is 11.5. The summed E-state index contributed by atoms with van der Waals surface area (Å²) in [5.74, 6) is -0.0376. The van der Waals surface area contributed by atoms with Crippen LogP contribution in [-0.4, -0.2) is 86.0 Å². The van der Waals surface area contributed by atoms with Crippen LogP contribution in [0.4, 0.5) is 4.79 Å². The van der Waals surface area contributed by atoms with Crippen LogP contribution in [0, 0.1) is 11.8 Å². The molecule has 2 aliphatic rings. The third-order valence-electron chi connectivity index (χ3n) is 7.68. The number of fused-ring (bicyclic) bond motifs is 2. The standard InChI is InChI=1S/C30H39N3O7S3/c1-19(2)17-33(43(36,37)21-9-10-23-27(16-21)42-30(32-23)41-3)18-25(34)24(15-20-7-5-4-6-8-20)31-29(35)40-26-12-14-39-28-22(26)11-13-38-28/h4-10,16,19,22,24-26,28,34H,11-15,17-18H2,1-3H3,(H,31,35)/t22?,24-,25+,26-,28+/m0/s1. The van der Waals surface area contributed by atoms with Gasteiger partial charge in [0.1, 0.15) is 6.10 Å².